The lowest BCUT2D eigenvalue weighted by Crippen LogP contribution is -2.51. The van der Waals surface area contributed by atoms with E-state index >= 15 is 0 Å². The lowest BCUT2D eigenvalue weighted by molar-refractivity contribution is -0.114. The zero-order valence-corrected chi connectivity index (χ0v) is 21.5. The van der Waals surface area contributed by atoms with Crippen LogP contribution in [0.4, 0.5) is 0 Å². The Labute approximate surface area is 214 Å². The van der Waals surface area contributed by atoms with Gasteiger partial charge in [-0.2, -0.15) is 0 Å². The fourth-order valence-corrected chi connectivity index (χ4v) is 7.77. The van der Waals surface area contributed by atoms with E-state index < -0.39 is 5.60 Å². The molecule has 190 valence electrons. The number of benzene rings is 1. The number of nitrogens with one attached hydrogen (secondary N) is 1. The van der Waals surface area contributed by atoms with E-state index in [1.165, 1.54) is 22.3 Å². The molecule has 5 nitrogen and oxygen atoms in total. The predicted octanol–water partition coefficient (Wildman–Crippen LogP) is 5.40. The van der Waals surface area contributed by atoms with Gasteiger partial charge < -0.3 is 19.9 Å². The van der Waals surface area contributed by atoms with Crippen molar-refractivity contribution in [2.45, 2.75) is 83.2 Å². The Hall–Kier alpha value is -2.71. The molecule has 5 atom stereocenters. The van der Waals surface area contributed by atoms with Crippen molar-refractivity contribution in [1.29, 1.82) is 0 Å². The van der Waals surface area contributed by atoms with Crippen LogP contribution in [0.3, 0.4) is 0 Å². The summed E-state index contributed by atoms with van der Waals surface area (Å²) in [6.07, 6.45) is 10.1. The number of rotatable bonds is 4. The molecule has 2 fully saturated rings. The van der Waals surface area contributed by atoms with Crippen molar-refractivity contribution in [3.05, 3.63) is 46.6 Å². The second-order valence-corrected chi connectivity index (χ2v) is 11.5. The fourth-order valence-electron chi connectivity index (χ4n) is 7.77. The van der Waals surface area contributed by atoms with Crippen LogP contribution in [0.25, 0.3) is 0 Å². The van der Waals surface area contributed by atoms with E-state index in [0.29, 0.717) is 24.7 Å². The number of carbonyl (C=O) groups is 1. The highest BCUT2D eigenvalue weighted by Crippen LogP contribution is 2.66. The summed E-state index contributed by atoms with van der Waals surface area (Å²) in [6, 6.07) is 9.46. The molecule has 4 aliphatic carbocycles. The molecule has 36 heavy (non-hydrogen) atoms. The fraction of sp³-hybridized carbons (Fsp3) is 0.581. The number of carbonyl (C=O) groups excluding carboxylic acids is 1. The first-order chi connectivity index (χ1) is 17.4. The standard InChI is InChI=1S/C31H37NO4/c1-3-4-14-32-15-13-31(34)12-11-26-24-8-5-20-16-22(33)7-9-23(20)29(24)25(18-30(26,31)2)21-6-10-27-28(17-21)36-19-35-27/h6,10,16-17,24-26,32,34H,3-5,7-9,11-12,14,18-19H2,1-2H3/t24-,25+,26-,30-,31+/m0/s1. The first kappa shape index (κ1) is 23.7. The van der Waals surface area contributed by atoms with Gasteiger partial charge in [-0.05, 0) is 97.6 Å². The Morgan fingerprint density at radius 3 is 2.89 bits per heavy atom. The van der Waals surface area contributed by atoms with E-state index in [0.717, 1.165) is 63.0 Å². The molecule has 0 aromatic heterocycles. The zero-order chi connectivity index (χ0) is 24.9. The second-order valence-electron chi connectivity index (χ2n) is 11.5. The van der Waals surface area contributed by atoms with Crippen LogP contribution in [0, 0.1) is 29.2 Å². The Morgan fingerprint density at radius 1 is 1.17 bits per heavy atom. The highest BCUT2D eigenvalue weighted by atomic mass is 16.7. The summed E-state index contributed by atoms with van der Waals surface area (Å²) in [4.78, 5) is 12.3. The summed E-state index contributed by atoms with van der Waals surface area (Å²) in [5.41, 5.74) is 4.07. The lowest BCUT2D eigenvalue weighted by atomic mass is 9.51. The topological polar surface area (TPSA) is 67.8 Å². The average Bonchev–Trinajstić information content (AvgIpc) is 3.45. The Balaban J connectivity index is 1.43. The molecule has 2 saturated carbocycles. The maximum Gasteiger partial charge on any atom is 0.231 e. The van der Waals surface area contributed by atoms with Crippen LogP contribution < -0.4 is 14.8 Å². The van der Waals surface area contributed by atoms with Gasteiger partial charge in [-0.15, -0.1) is 0 Å². The number of ether oxygens (including phenoxy) is 2. The summed E-state index contributed by atoms with van der Waals surface area (Å²) in [5.74, 6) is 6.12. The molecule has 0 unspecified atom stereocenters. The molecule has 5 aliphatic rings. The molecule has 0 radical (unpaired) electrons. The monoisotopic (exact) mass is 487 g/mol. The number of hydrogen-bond donors (Lipinski definition) is 2. The summed E-state index contributed by atoms with van der Waals surface area (Å²) in [6.45, 7) is 5.56. The average molecular weight is 488 g/mol. The van der Waals surface area contributed by atoms with Gasteiger partial charge in [0.25, 0.3) is 0 Å². The molecule has 0 spiro atoms. The van der Waals surface area contributed by atoms with Gasteiger partial charge in [0, 0.05) is 30.3 Å². The molecule has 1 aliphatic heterocycles. The molecular formula is C31H37NO4. The van der Waals surface area contributed by atoms with Gasteiger partial charge in [0.2, 0.25) is 6.79 Å². The van der Waals surface area contributed by atoms with E-state index in [4.69, 9.17) is 9.47 Å². The quantitative estimate of drug-likeness (QED) is 0.338. The Bertz CT molecular complexity index is 1200. The van der Waals surface area contributed by atoms with Crippen LogP contribution in [0.1, 0.15) is 83.1 Å². The molecule has 0 amide bonds. The van der Waals surface area contributed by atoms with Crippen molar-refractivity contribution in [1.82, 2.24) is 5.32 Å². The number of fused-ring (bicyclic) bond motifs is 5. The van der Waals surface area contributed by atoms with Crippen LogP contribution in [-0.4, -0.2) is 29.8 Å². The van der Waals surface area contributed by atoms with Crippen LogP contribution in [0.15, 0.2) is 41.0 Å². The summed E-state index contributed by atoms with van der Waals surface area (Å²) >= 11 is 0. The lowest BCUT2D eigenvalue weighted by Gasteiger charge is -2.53. The highest BCUT2D eigenvalue weighted by molar-refractivity contribution is 5.93. The van der Waals surface area contributed by atoms with Gasteiger partial charge in [-0.3, -0.25) is 4.79 Å². The van der Waals surface area contributed by atoms with Gasteiger partial charge in [-0.25, -0.2) is 0 Å². The van der Waals surface area contributed by atoms with Crippen molar-refractivity contribution in [3.63, 3.8) is 0 Å². The predicted molar refractivity (Wildman–Crippen MR) is 138 cm³/mol. The minimum atomic E-state index is -1.01. The minimum absolute atomic E-state index is 0.164. The van der Waals surface area contributed by atoms with Crippen molar-refractivity contribution >= 4 is 5.78 Å². The summed E-state index contributed by atoms with van der Waals surface area (Å²) in [7, 11) is 0. The largest absolute Gasteiger partial charge is 0.454 e. The van der Waals surface area contributed by atoms with Crippen molar-refractivity contribution < 1.29 is 19.4 Å². The molecule has 0 bridgehead atoms. The number of aliphatic hydroxyl groups is 1. The van der Waals surface area contributed by atoms with Gasteiger partial charge >= 0.3 is 0 Å². The third-order valence-corrected chi connectivity index (χ3v) is 9.70. The highest BCUT2D eigenvalue weighted by Gasteiger charge is 2.62. The van der Waals surface area contributed by atoms with E-state index in [2.05, 4.69) is 43.3 Å². The van der Waals surface area contributed by atoms with Crippen LogP contribution in [0.5, 0.6) is 11.5 Å². The number of ketones is 1. The molecule has 5 heteroatoms. The van der Waals surface area contributed by atoms with E-state index in [1.807, 2.05) is 12.1 Å². The second kappa shape index (κ2) is 8.99. The zero-order valence-electron chi connectivity index (χ0n) is 21.5. The van der Waals surface area contributed by atoms with E-state index in [9.17, 15) is 9.90 Å². The summed E-state index contributed by atoms with van der Waals surface area (Å²) < 4.78 is 11.3. The Kier molecular flexibility index (Phi) is 5.91. The Morgan fingerprint density at radius 2 is 2.03 bits per heavy atom. The first-order valence-electron chi connectivity index (χ1n) is 13.8. The number of allylic oxidation sites excluding steroid dienone is 4. The van der Waals surface area contributed by atoms with Crippen LogP contribution in [0.2, 0.25) is 0 Å². The first-order valence-corrected chi connectivity index (χ1v) is 13.8. The SMILES string of the molecule is CCCCNC#C[C@]1(O)CC[C@H]2[C@@H]3CCC4=CC(=O)CCC4=C3[C@@H](c3ccc4c(c3)OCO4)C[C@@]21C. The molecule has 1 heterocycles. The normalized spacial score (nSPS) is 34.2. The molecule has 0 saturated heterocycles. The maximum atomic E-state index is 12.3. The van der Waals surface area contributed by atoms with Crippen molar-refractivity contribution in [3.8, 4) is 23.5 Å². The van der Waals surface area contributed by atoms with Crippen LogP contribution >= 0.6 is 0 Å². The third kappa shape index (κ3) is 3.68. The van der Waals surface area contributed by atoms with Gasteiger partial charge in [-0.1, -0.05) is 31.9 Å². The van der Waals surface area contributed by atoms with Gasteiger partial charge in [0.05, 0.1) is 0 Å². The number of hydrogen-bond acceptors (Lipinski definition) is 5. The minimum Gasteiger partial charge on any atom is -0.454 e. The van der Waals surface area contributed by atoms with Crippen molar-refractivity contribution in [2.75, 3.05) is 13.3 Å². The summed E-state index contributed by atoms with van der Waals surface area (Å²) in [5, 5.41) is 15.3. The van der Waals surface area contributed by atoms with Gasteiger partial charge in [0.15, 0.2) is 17.3 Å². The maximum absolute atomic E-state index is 12.3. The molecule has 6 rings (SSSR count). The van der Waals surface area contributed by atoms with Gasteiger partial charge in [0.1, 0.15) is 5.60 Å². The van der Waals surface area contributed by atoms with Crippen LogP contribution in [-0.2, 0) is 4.79 Å². The van der Waals surface area contributed by atoms with E-state index in [-0.39, 0.29) is 23.9 Å². The number of unbranched alkanes of at least 4 members (excludes halogenated alkanes) is 1. The molecular weight excluding hydrogens is 450 g/mol. The third-order valence-electron chi connectivity index (χ3n) is 9.70. The molecule has 1 aromatic rings. The molecule has 2 N–H and O–H groups in total. The smallest absolute Gasteiger partial charge is 0.231 e. The van der Waals surface area contributed by atoms with E-state index in [1.54, 1.807) is 0 Å². The van der Waals surface area contributed by atoms with Crippen molar-refractivity contribution in [2.24, 2.45) is 17.3 Å². The molecule has 1 aromatic carbocycles.